The summed E-state index contributed by atoms with van der Waals surface area (Å²) in [6, 6.07) is 22.8. The number of nitrogens with one attached hydrogen (secondary N) is 1. The third-order valence-corrected chi connectivity index (χ3v) is 6.19. The van der Waals surface area contributed by atoms with Crippen molar-refractivity contribution in [2.24, 2.45) is 5.10 Å². The summed E-state index contributed by atoms with van der Waals surface area (Å²) in [6.07, 6.45) is 1.64. The van der Waals surface area contributed by atoms with Crippen molar-refractivity contribution < 1.29 is 4.74 Å². The average molecular weight is 499 g/mol. The quantitative estimate of drug-likeness (QED) is 0.135. The summed E-state index contributed by atoms with van der Waals surface area (Å²) in [5, 5.41) is 14.3. The van der Waals surface area contributed by atoms with E-state index in [1.165, 1.54) is 16.4 Å². The lowest BCUT2D eigenvalue weighted by Crippen LogP contribution is -2.13. The topological polar surface area (TPSA) is 90.3 Å². The Kier molecular flexibility index (Phi) is 7.72. The van der Waals surface area contributed by atoms with Crippen LogP contribution in [0.4, 0.5) is 5.95 Å². The molecule has 3 aromatic carbocycles. The first-order chi connectivity index (χ1) is 16.1. The van der Waals surface area contributed by atoms with Crippen LogP contribution in [-0.4, -0.2) is 21.1 Å². The van der Waals surface area contributed by atoms with Gasteiger partial charge in [-0.25, -0.2) is 10.1 Å². The number of ether oxygens (including phenoxy) is 1. The zero-order valence-corrected chi connectivity index (χ0v) is 19.7. The number of thioether (sulfide) groups is 1. The van der Waals surface area contributed by atoms with Gasteiger partial charge in [-0.05, 0) is 41.5 Å². The maximum atomic E-state index is 6.20. The van der Waals surface area contributed by atoms with E-state index in [-0.39, 0.29) is 0 Å². The van der Waals surface area contributed by atoms with Crippen LogP contribution in [0.25, 0.3) is 0 Å². The zero-order valence-electron chi connectivity index (χ0n) is 17.4. The highest BCUT2D eigenvalue weighted by Crippen LogP contribution is 2.26. The molecular weight excluding hydrogens is 479 g/mol. The van der Waals surface area contributed by atoms with Gasteiger partial charge < -0.3 is 10.6 Å². The summed E-state index contributed by atoms with van der Waals surface area (Å²) in [4.78, 5) is 0. The number of aromatic nitrogens is 3. The Morgan fingerprint density at radius 3 is 2.58 bits per heavy atom. The molecule has 0 saturated heterocycles. The Morgan fingerprint density at radius 2 is 1.76 bits per heavy atom. The van der Waals surface area contributed by atoms with E-state index in [2.05, 4.69) is 20.7 Å². The summed E-state index contributed by atoms with van der Waals surface area (Å²) in [5.74, 6) is 7.74. The van der Waals surface area contributed by atoms with Crippen molar-refractivity contribution in [2.75, 3.05) is 11.3 Å². The molecule has 0 atom stereocenters. The molecular formula is C23H20Cl2N6OS. The van der Waals surface area contributed by atoms with Gasteiger partial charge in [0.05, 0.1) is 6.21 Å². The molecule has 10 heteroatoms. The normalized spacial score (nSPS) is 11.1. The fourth-order valence-electron chi connectivity index (χ4n) is 2.83. The first-order valence-corrected chi connectivity index (χ1v) is 11.7. The maximum Gasteiger partial charge on any atom is 0.264 e. The molecule has 0 unspecified atom stereocenters. The summed E-state index contributed by atoms with van der Waals surface area (Å²) >= 11 is 13.6. The van der Waals surface area contributed by atoms with Crippen LogP contribution in [0.5, 0.6) is 5.75 Å². The number of para-hydroxylation sites is 1. The number of hydrazone groups is 1. The van der Waals surface area contributed by atoms with Crippen molar-refractivity contribution in [3.8, 4) is 5.75 Å². The molecule has 0 fully saturated rings. The van der Waals surface area contributed by atoms with Crippen LogP contribution < -0.4 is 16.0 Å². The summed E-state index contributed by atoms with van der Waals surface area (Å²) in [5.41, 5.74) is 5.64. The number of hydrogen-bond acceptors (Lipinski definition) is 7. The second-order valence-corrected chi connectivity index (χ2v) is 8.67. The Morgan fingerprint density at radius 1 is 1.00 bits per heavy atom. The smallest absolute Gasteiger partial charge is 0.264 e. The number of anilines is 1. The SMILES string of the molecule is Nn1c(N/N=C/c2ccccc2OCc2ccc(Cl)cc2)nnc1SCc1ccccc1Cl. The van der Waals surface area contributed by atoms with E-state index in [9.17, 15) is 0 Å². The van der Waals surface area contributed by atoms with Gasteiger partial charge in [-0.3, -0.25) is 0 Å². The van der Waals surface area contributed by atoms with E-state index in [0.29, 0.717) is 39.3 Å². The third kappa shape index (κ3) is 6.19. The monoisotopic (exact) mass is 498 g/mol. The van der Waals surface area contributed by atoms with Crippen LogP contribution in [0.1, 0.15) is 16.7 Å². The van der Waals surface area contributed by atoms with E-state index in [0.717, 1.165) is 16.7 Å². The summed E-state index contributed by atoms with van der Waals surface area (Å²) in [7, 11) is 0. The molecule has 4 aromatic rings. The molecule has 1 aromatic heterocycles. The molecule has 3 N–H and O–H groups in total. The van der Waals surface area contributed by atoms with Crippen LogP contribution in [0.3, 0.4) is 0 Å². The van der Waals surface area contributed by atoms with Gasteiger partial charge in [0.2, 0.25) is 5.16 Å². The van der Waals surface area contributed by atoms with E-state index in [1.807, 2.05) is 72.8 Å². The number of halogens is 2. The minimum Gasteiger partial charge on any atom is -0.488 e. The largest absolute Gasteiger partial charge is 0.488 e. The van der Waals surface area contributed by atoms with Gasteiger partial charge in [-0.1, -0.05) is 77.4 Å². The second kappa shape index (κ2) is 11.1. The second-order valence-electron chi connectivity index (χ2n) is 6.88. The number of rotatable bonds is 9. The molecule has 4 rings (SSSR count). The molecule has 1 heterocycles. The molecule has 0 radical (unpaired) electrons. The van der Waals surface area contributed by atoms with Crippen LogP contribution in [0.15, 0.2) is 83.1 Å². The number of nitrogens with two attached hydrogens (primary N) is 1. The highest BCUT2D eigenvalue weighted by molar-refractivity contribution is 7.98. The van der Waals surface area contributed by atoms with Gasteiger partial charge in [0.1, 0.15) is 12.4 Å². The Balaban J connectivity index is 1.36. The molecule has 0 spiro atoms. The highest BCUT2D eigenvalue weighted by atomic mass is 35.5. The van der Waals surface area contributed by atoms with Gasteiger partial charge in [0, 0.05) is 21.4 Å². The van der Waals surface area contributed by atoms with Crippen LogP contribution in [0.2, 0.25) is 10.0 Å². The fourth-order valence-corrected chi connectivity index (χ4v) is 4.10. The minimum atomic E-state index is 0.312. The third-order valence-electron chi connectivity index (χ3n) is 4.57. The maximum absolute atomic E-state index is 6.20. The molecule has 168 valence electrons. The molecule has 7 nitrogen and oxygen atoms in total. The first-order valence-electron chi connectivity index (χ1n) is 9.92. The zero-order chi connectivity index (χ0) is 23.0. The molecule has 0 aliphatic rings. The molecule has 0 saturated carbocycles. The van der Waals surface area contributed by atoms with E-state index in [4.69, 9.17) is 33.8 Å². The Hall–Kier alpha value is -3.20. The van der Waals surface area contributed by atoms with Crippen LogP contribution in [-0.2, 0) is 12.4 Å². The predicted molar refractivity (Wildman–Crippen MR) is 135 cm³/mol. The van der Waals surface area contributed by atoms with E-state index < -0.39 is 0 Å². The molecule has 33 heavy (non-hydrogen) atoms. The summed E-state index contributed by atoms with van der Waals surface area (Å²) < 4.78 is 7.29. The van der Waals surface area contributed by atoms with Crippen molar-refractivity contribution in [3.63, 3.8) is 0 Å². The van der Waals surface area contributed by atoms with Gasteiger partial charge >= 0.3 is 0 Å². The summed E-state index contributed by atoms with van der Waals surface area (Å²) in [6.45, 7) is 0.415. The fraction of sp³-hybridized carbons (Fsp3) is 0.0870. The van der Waals surface area contributed by atoms with Crippen molar-refractivity contribution in [1.29, 1.82) is 0 Å². The molecule has 0 aliphatic carbocycles. The number of nitrogen functional groups attached to an aromatic ring is 1. The van der Waals surface area contributed by atoms with Gasteiger partial charge in [0.15, 0.2) is 0 Å². The average Bonchev–Trinajstić information content (AvgIpc) is 3.18. The van der Waals surface area contributed by atoms with Crippen molar-refractivity contribution >= 4 is 47.1 Å². The number of nitrogens with zero attached hydrogens (tertiary/aromatic N) is 4. The number of hydrogen-bond donors (Lipinski definition) is 2. The standard InChI is InChI=1S/C23H20Cl2N6OS/c24-19-11-9-16(10-12-19)14-32-21-8-4-2-5-17(21)13-27-28-22-29-30-23(31(22)26)33-15-18-6-1-3-7-20(18)25/h1-13H,14-15,26H2,(H,28,29)/b27-13+. The lowest BCUT2D eigenvalue weighted by Gasteiger charge is -2.09. The van der Waals surface area contributed by atoms with E-state index >= 15 is 0 Å². The lowest BCUT2D eigenvalue weighted by atomic mass is 10.2. The Bertz CT molecular complexity index is 1250. The first kappa shape index (κ1) is 23.0. The molecule has 0 aliphatic heterocycles. The Labute approximate surface area is 205 Å². The predicted octanol–water partition coefficient (Wildman–Crippen LogP) is 5.62. The van der Waals surface area contributed by atoms with Gasteiger partial charge in [-0.2, -0.15) is 5.10 Å². The van der Waals surface area contributed by atoms with Crippen molar-refractivity contribution in [2.45, 2.75) is 17.5 Å². The minimum absolute atomic E-state index is 0.312. The van der Waals surface area contributed by atoms with Gasteiger partial charge in [-0.15, -0.1) is 10.2 Å². The number of benzene rings is 3. The highest BCUT2D eigenvalue weighted by Gasteiger charge is 2.11. The molecule has 0 bridgehead atoms. The molecule has 0 amide bonds. The van der Waals surface area contributed by atoms with Crippen molar-refractivity contribution in [1.82, 2.24) is 14.9 Å². The van der Waals surface area contributed by atoms with Crippen LogP contribution in [0, 0.1) is 0 Å². The van der Waals surface area contributed by atoms with Crippen LogP contribution >= 0.6 is 35.0 Å². The van der Waals surface area contributed by atoms with Gasteiger partial charge in [0.25, 0.3) is 5.95 Å². The van der Waals surface area contributed by atoms with E-state index in [1.54, 1.807) is 6.21 Å². The van der Waals surface area contributed by atoms with Crippen molar-refractivity contribution in [3.05, 3.63) is 99.5 Å². The lowest BCUT2D eigenvalue weighted by molar-refractivity contribution is 0.306.